The van der Waals surface area contributed by atoms with Crippen LogP contribution in [0.25, 0.3) is 0 Å². The first kappa shape index (κ1) is 23.3. The van der Waals surface area contributed by atoms with Crippen molar-refractivity contribution in [3.63, 3.8) is 0 Å². The van der Waals surface area contributed by atoms with Crippen molar-refractivity contribution < 1.29 is 23.9 Å². The maximum atomic E-state index is 13.2. The van der Waals surface area contributed by atoms with Gasteiger partial charge in [-0.15, -0.1) is 0 Å². The molecule has 2 aromatic carbocycles. The Balaban J connectivity index is 1.75. The van der Waals surface area contributed by atoms with E-state index in [9.17, 15) is 14.4 Å². The number of carbonyl (C=O) groups excluding carboxylic acids is 3. The Bertz CT molecular complexity index is 979. The van der Waals surface area contributed by atoms with Gasteiger partial charge in [-0.25, -0.2) is 0 Å². The molecule has 170 valence electrons. The monoisotopic (exact) mass is 438 g/mol. The van der Waals surface area contributed by atoms with Crippen molar-refractivity contribution in [2.24, 2.45) is 0 Å². The van der Waals surface area contributed by atoms with Crippen LogP contribution in [0.5, 0.6) is 11.5 Å². The van der Waals surface area contributed by atoms with Crippen molar-refractivity contribution in [2.45, 2.75) is 39.0 Å². The Hall–Kier alpha value is -3.35. The summed E-state index contributed by atoms with van der Waals surface area (Å²) in [4.78, 5) is 40.0. The second-order valence-corrected chi connectivity index (χ2v) is 7.94. The number of rotatable bonds is 8. The van der Waals surface area contributed by atoms with E-state index in [1.165, 1.54) is 14.2 Å². The molecule has 0 radical (unpaired) electrons. The van der Waals surface area contributed by atoms with Gasteiger partial charge in [0.05, 0.1) is 25.5 Å². The van der Waals surface area contributed by atoms with E-state index >= 15 is 0 Å². The predicted molar refractivity (Wildman–Crippen MR) is 123 cm³/mol. The second-order valence-electron chi connectivity index (χ2n) is 7.94. The third-order valence-electron chi connectivity index (χ3n) is 5.62. The molecule has 0 saturated carbocycles. The number of Topliss-reactive ketones (excluding diaryl/α,β-unsaturated/α-hetero) is 1. The van der Waals surface area contributed by atoms with Crippen molar-refractivity contribution in [1.82, 2.24) is 4.90 Å². The number of benzene rings is 2. The highest BCUT2D eigenvalue weighted by Gasteiger charge is 2.24. The highest BCUT2D eigenvalue weighted by atomic mass is 16.5. The molecule has 2 aromatic rings. The highest BCUT2D eigenvalue weighted by molar-refractivity contribution is 6.05. The minimum Gasteiger partial charge on any atom is -0.493 e. The van der Waals surface area contributed by atoms with Crippen molar-refractivity contribution in [3.05, 3.63) is 53.1 Å². The molecule has 1 aliphatic heterocycles. The van der Waals surface area contributed by atoms with Crippen molar-refractivity contribution >= 4 is 23.3 Å². The van der Waals surface area contributed by atoms with Crippen LogP contribution in [0, 0.1) is 6.92 Å². The minimum atomic E-state index is -0.342. The van der Waals surface area contributed by atoms with Gasteiger partial charge in [0.1, 0.15) is 0 Å². The van der Waals surface area contributed by atoms with Crippen LogP contribution in [0.4, 0.5) is 5.69 Å². The fourth-order valence-corrected chi connectivity index (χ4v) is 3.75. The van der Waals surface area contributed by atoms with E-state index < -0.39 is 0 Å². The first-order valence-electron chi connectivity index (χ1n) is 10.9. The first-order chi connectivity index (χ1) is 15.4. The van der Waals surface area contributed by atoms with Crippen LogP contribution in [-0.4, -0.2) is 49.8 Å². The van der Waals surface area contributed by atoms with Gasteiger partial charge in [-0.1, -0.05) is 29.8 Å². The van der Waals surface area contributed by atoms with Crippen LogP contribution in [0.1, 0.15) is 58.4 Å². The van der Waals surface area contributed by atoms with Gasteiger partial charge in [-0.2, -0.15) is 0 Å². The van der Waals surface area contributed by atoms with E-state index in [1.807, 2.05) is 19.1 Å². The molecule has 0 bridgehead atoms. The standard InChI is InChI=1S/C25H30N2O5/c1-17-7-9-18(10-8-17)21(28)11-12-24(29)26-20-16-23(32-3)22(31-2)15-19(20)25(30)27-13-5-4-6-14-27/h7-10,15-16H,4-6,11-14H2,1-3H3,(H,26,29). The highest BCUT2D eigenvalue weighted by Crippen LogP contribution is 2.34. The maximum Gasteiger partial charge on any atom is 0.256 e. The lowest BCUT2D eigenvalue weighted by atomic mass is 10.0. The predicted octanol–water partition coefficient (Wildman–Crippen LogP) is 4.24. The zero-order chi connectivity index (χ0) is 23.1. The molecule has 32 heavy (non-hydrogen) atoms. The molecule has 1 heterocycles. The fourth-order valence-electron chi connectivity index (χ4n) is 3.75. The summed E-state index contributed by atoms with van der Waals surface area (Å²) in [6.07, 6.45) is 3.12. The summed E-state index contributed by atoms with van der Waals surface area (Å²) in [5.41, 5.74) is 2.35. The lowest BCUT2D eigenvalue weighted by Crippen LogP contribution is -2.36. The number of aryl methyl sites for hydroxylation is 1. The zero-order valence-corrected chi connectivity index (χ0v) is 18.9. The summed E-state index contributed by atoms with van der Waals surface area (Å²) in [6, 6.07) is 10.5. The lowest BCUT2D eigenvalue weighted by molar-refractivity contribution is -0.116. The Labute approximate surface area is 188 Å². The normalized spacial score (nSPS) is 13.4. The number of anilines is 1. The average Bonchev–Trinajstić information content (AvgIpc) is 2.82. The number of methoxy groups -OCH3 is 2. The number of nitrogens with zero attached hydrogens (tertiary/aromatic N) is 1. The Morgan fingerprint density at radius 1 is 0.906 bits per heavy atom. The van der Waals surface area contributed by atoms with Gasteiger partial charge in [0, 0.05) is 37.6 Å². The number of hydrogen-bond donors (Lipinski definition) is 1. The van der Waals surface area contributed by atoms with Gasteiger partial charge < -0.3 is 19.7 Å². The van der Waals surface area contributed by atoms with Crippen LogP contribution in [0.2, 0.25) is 0 Å². The number of ketones is 1. The molecule has 7 heteroatoms. The van der Waals surface area contributed by atoms with E-state index in [1.54, 1.807) is 29.2 Å². The SMILES string of the molecule is COc1cc(NC(=O)CCC(=O)c2ccc(C)cc2)c(C(=O)N2CCCCC2)cc1OC. The minimum absolute atomic E-state index is 0.0123. The first-order valence-corrected chi connectivity index (χ1v) is 10.9. The summed E-state index contributed by atoms with van der Waals surface area (Å²) >= 11 is 0. The van der Waals surface area contributed by atoms with Crippen LogP contribution in [0.3, 0.4) is 0 Å². The number of nitrogens with one attached hydrogen (secondary N) is 1. The Kier molecular flexibility index (Phi) is 7.87. The number of amides is 2. The third kappa shape index (κ3) is 5.66. The van der Waals surface area contributed by atoms with E-state index in [2.05, 4.69) is 5.32 Å². The number of carbonyl (C=O) groups is 3. The molecule has 2 amide bonds. The second kappa shape index (κ2) is 10.8. The fraction of sp³-hybridized carbons (Fsp3) is 0.400. The van der Waals surface area contributed by atoms with Gasteiger partial charge >= 0.3 is 0 Å². The molecule has 1 saturated heterocycles. The molecule has 0 spiro atoms. The van der Waals surface area contributed by atoms with Crippen molar-refractivity contribution in [2.75, 3.05) is 32.6 Å². The van der Waals surface area contributed by atoms with Gasteiger partial charge in [-0.05, 0) is 32.3 Å². The van der Waals surface area contributed by atoms with E-state index in [0.29, 0.717) is 41.4 Å². The molecule has 0 unspecified atom stereocenters. The van der Waals surface area contributed by atoms with Gasteiger partial charge in [-0.3, -0.25) is 14.4 Å². The van der Waals surface area contributed by atoms with Gasteiger partial charge in [0.2, 0.25) is 5.91 Å². The molecular weight excluding hydrogens is 408 g/mol. The molecule has 7 nitrogen and oxygen atoms in total. The van der Waals surface area contributed by atoms with Crippen molar-refractivity contribution in [3.8, 4) is 11.5 Å². The zero-order valence-electron chi connectivity index (χ0n) is 18.9. The average molecular weight is 439 g/mol. The largest absolute Gasteiger partial charge is 0.493 e. The topological polar surface area (TPSA) is 84.9 Å². The van der Waals surface area contributed by atoms with Crippen LogP contribution >= 0.6 is 0 Å². The number of hydrogen-bond acceptors (Lipinski definition) is 5. The molecule has 0 aliphatic carbocycles. The molecule has 0 aromatic heterocycles. The Morgan fingerprint density at radius 2 is 1.53 bits per heavy atom. The molecule has 1 aliphatic rings. The van der Waals surface area contributed by atoms with Gasteiger partial charge in [0.15, 0.2) is 17.3 Å². The summed E-state index contributed by atoms with van der Waals surface area (Å²) < 4.78 is 10.7. The van der Waals surface area contributed by atoms with E-state index in [4.69, 9.17) is 9.47 Å². The molecular formula is C25H30N2O5. The Morgan fingerprint density at radius 3 is 2.16 bits per heavy atom. The van der Waals surface area contributed by atoms with Crippen LogP contribution in [0.15, 0.2) is 36.4 Å². The van der Waals surface area contributed by atoms with Crippen LogP contribution < -0.4 is 14.8 Å². The third-order valence-corrected chi connectivity index (χ3v) is 5.62. The smallest absolute Gasteiger partial charge is 0.256 e. The molecule has 3 rings (SSSR count). The molecule has 0 atom stereocenters. The van der Waals surface area contributed by atoms with Gasteiger partial charge in [0.25, 0.3) is 5.91 Å². The number of likely N-dealkylation sites (tertiary alicyclic amines) is 1. The maximum absolute atomic E-state index is 13.2. The van der Waals surface area contributed by atoms with Crippen molar-refractivity contribution in [1.29, 1.82) is 0 Å². The lowest BCUT2D eigenvalue weighted by Gasteiger charge is -2.28. The molecule has 1 fully saturated rings. The quantitative estimate of drug-likeness (QED) is 0.623. The summed E-state index contributed by atoms with van der Waals surface area (Å²) in [5, 5.41) is 2.80. The van der Waals surface area contributed by atoms with E-state index in [0.717, 1.165) is 24.8 Å². The molecule has 1 N–H and O–H groups in total. The summed E-state index contributed by atoms with van der Waals surface area (Å²) in [5.74, 6) is 0.230. The summed E-state index contributed by atoms with van der Waals surface area (Å²) in [6.45, 7) is 3.32. The number of piperidine rings is 1. The van der Waals surface area contributed by atoms with Crippen LogP contribution in [-0.2, 0) is 4.79 Å². The number of ether oxygens (including phenoxy) is 2. The summed E-state index contributed by atoms with van der Waals surface area (Å²) in [7, 11) is 3.00. The van der Waals surface area contributed by atoms with E-state index in [-0.39, 0.29) is 30.4 Å².